The second-order valence-corrected chi connectivity index (χ2v) is 7.38. The number of guanidine groups is 1. The van der Waals surface area contributed by atoms with E-state index in [2.05, 4.69) is 10.3 Å². The van der Waals surface area contributed by atoms with E-state index in [4.69, 9.17) is 10.5 Å². The predicted octanol–water partition coefficient (Wildman–Crippen LogP) is 0.931. The van der Waals surface area contributed by atoms with Gasteiger partial charge in [-0.2, -0.15) is 0 Å². The van der Waals surface area contributed by atoms with Crippen LogP contribution in [0.3, 0.4) is 0 Å². The predicted molar refractivity (Wildman–Crippen MR) is 89.5 cm³/mol. The third-order valence-electron chi connectivity index (χ3n) is 2.94. The minimum Gasteiger partial charge on any atom is -0.383 e. The molecule has 0 amide bonds. The Kier molecular flexibility index (Phi) is 7.90. The molecule has 0 bridgehead atoms. The Bertz CT molecular complexity index is 559. The lowest BCUT2D eigenvalue weighted by atomic mass is 10.2. The average Bonchev–Trinajstić information content (AvgIpc) is 2.44. The summed E-state index contributed by atoms with van der Waals surface area (Å²) in [4.78, 5) is 4.12. The Hall–Kier alpha value is -1.60. The van der Waals surface area contributed by atoms with Crippen LogP contribution in [0.1, 0.15) is 18.9 Å². The number of nitrogens with one attached hydrogen (secondary N) is 1. The van der Waals surface area contributed by atoms with Gasteiger partial charge >= 0.3 is 0 Å². The largest absolute Gasteiger partial charge is 0.383 e. The molecule has 0 aliphatic carbocycles. The van der Waals surface area contributed by atoms with Gasteiger partial charge in [-0.15, -0.1) is 0 Å². The van der Waals surface area contributed by atoms with Gasteiger partial charge in [0.1, 0.15) is 0 Å². The number of hydrogen-bond donors (Lipinski definition) is 2. The summed E-state index contributed by atoms with van der Waals surface area (Å²) in [5.41, 5.74) is 6.52. The second-order valence-electron chi connectivity index (χ2n) is 5.20. The van der Waals surface area contributed by atoms with Gasteiger partial charge < -0.3 is 15.8 Å². The summed E-state index contributed by atoms with van der Waals surface area (Å²) in [7, 11) is -1.50. The fourth-order valence-corrected chi connectivity index (χ4v) is 3.39. The number of aliphatic imine (C=N–C) groups is 1. The maximum atomic E-state index is 12.0. The number of methoxy groups -OCH3 is 1. The van der Waals surface area contributed by atoms with Crippen LogP contribution in [0.2, 0.25) is 0 Å². The fraction of sp³-hybridized carbons (Fsp3) is 0.533. The molecule has 0 fully saturated rings. The first-order valence-electron chi connectivity index (χ1n) is 7.22. The molecular formula is C15H25N3O3S. The molecule has 0 radical (unpaired) electrons. The van der Waals surface area contributed by atoms with Crippen molar-refractivity contribution in [1.29, 1.82) is 0 Å². The summed E-state index contributed by atoms with van der Waals surface area (Å²) in [5.74, 6) is 0.479. The standard InChI is InChI=1S/C15H25N3O3S/c1-13(11-21-2)18-15(16)17-9-6-10-22(19,20)12-14-7-4-3-5-8-14/h3-5,7-8,13H,6,9-12H2,1-2H3,(H3,16,17,18). The van der Waals surface area contributed by atoms with Crippen LogP contribution >= 0.6 is 0 Å². The van der Waals surface area contributed by atoms with Crippen LogP contribution in [0.15, 0.2) is 35.3 Å². The topological polar surface area (TPSA) is 93.8 Å². The maximum absolute atomic E-state index is 12.0. The number of rotatable bonds is 9. The Morgan fingerprint density at radius 3 is 2.68 bits per heavy atom. The highest BCUT2D eigenvalue weighted by Crippen LogP contribution is 2.07. The highest BCUT2D eigenvalue weighted by atomic mass is 32.2. The molecule has 0 saturated heterocycles. The zero-order chi connectivity index (χ0) is 16.4. The average molecular weight is 327 g/mol. The molecule has 1 atom stereocenters. The van der Waals surface area contributed by atoms with Crippen LogP contribution in [0.25, 0.3) is 0 Å². The van der Waals surface area contributed by atoms with Crippen molar-refractivity contribution in [3.8, 4) is 0 Å². The van der Waals surface area contributed by atoms with E-state index in [1.165, 1.54) is 0 Å². The lowest BCUT2D eigenvalue weighted by molar-refractivity contribution is 0.179. The van der Waals surface area contributed by atoms with E-state index in [0.717, 1.165) is 5.56 Å². The summed E-state index contributed by atoms with van der Waals surface area (Å²) in [5, 5.41) is 2.97. The first kappa shape index (κ1) is 18.4. The van der Waals surface area contributed by atoms with Gasteiger partial charge in [0.05, 0.1) is 18.1 Å². The normalized spacial score (nSPS) is 13.8. The molecule has 7 heteroatoms. The summed E-state index contributed by atoms with van der Waals surface area (Å²) < 4.78 is 29.0. The van der Waals surface area contributed by atoms with Crippen molar-refractivity contribution in [2.75, 3.05) is 26.0 Å². The first-order valence-corrected chi connectivity index (χ1v) is 9.05. The fourth-order valence-electron chi connectivity index (χ4n) is 1.97. The van der Waals surface area contributed by atoms with Gasteiger partial charge in [-0.05, 0) is 18.9 Å². The summed E-state index contributed by atoms with van der Waals surface area (Å²) in [6.07, 6.45) is 0.455. The van der Waals surface area contributed by atoms with E-state index >= 15 is 0 Å². The third-order valence-corrected chi connectivity index (χ3v) is 4.62. The molecule has 6 nitrogen and oxygen atoms in total. The summed E-state index contributed by atoms with van der Waals surface area (Å²) >= 11 is 0. The molecule has 3 N–H and O–H groups in total. The third kappa shape index (κ3) is 7.99. The van der Waals surface area contributed by atoms with Crippen molar-refractivity contribution in [3.63, 3.8) is 0 Å². The zero-order valence-corrected chi connectivity index (χ0v) is 14.0. The van der Waals surface area contributed by atoms with E-state index in [0.29, 0.717) is 25.5 Å². The smallest absolute Gasteiger partial charge is 0.188 e. The van der Waals surface area contributed by atoms with Crippen molar-refractivity contribution < 1.29 is 13.2 Å². The van der Waals surface area contributed by atoms with E-state index in [9.17, 15) is 8.42 Å². The monoisotopic (exact) mass is 327 g/mol. The number of nitrogens with zero attached hydrogens (tertiary/aromatic N) is 1. The lowest BCUT2D eigenvalue weighted by Gasteiger charge is -2.13. The molecule has 0 aromatic heterocycles. The van der Waals surface area contributed by atoms with Gasteiger partial charge in [-0.25, -0.2) is 8.42 Å². The molecular weight excluding hydrogens is 302 g/mol. The zero-order valence-electron chi connectivity index (χ0n) is 13.2. The summed E-state index contributed by atoms with van der Waals surface area (Å²) in [6.45, 7) is 2.84. The highest BCUT2D eigenvalue weighted by Gasteiger charge is 2.11. The molecule has 22 heavy (non-hydrogen) atoms. The van der Waals surface area contributed by atoms with E-state index in [1.54, 1.807) is 7.11 Å². The highest BCUT2D eigenvalue weighted by molar-refractivity contribution is 7.90. The minimum absolute atomic E-state index is 0.0653. The van der Waals surface area contributed by atoms with Crippen LogP contribution in [0.4, 0.5) is 0 Å². The minimum atomic E-state index is -3.11. The van der Waals surface area contributed by atoms with Gasteiger partial charge in [0.25, 0.3) is 0 Å². The van der Waals surface area contributed by atoms with Crippen molar-refractivity contribution in [1.82, 2.24) is 5.32 Å². The molecule has 0 spiro atoms. The van der Waals surface area contributed by atoms with Gasteiger partial charge in [0.15, 0.2) is 15.8 Å². The van der Waals surface area contributed by atoms with E-state index in [1.807, 2.05) is 37.3 Å². The van der Waals surface area contributed by atoms with Gasteiger partial charge in [-0.3, -0.25) is 4.99 Å². The van der Waals surface area contributed by atoms with Crippen LogP contribution < -0.4 is 11.1 Å². The van der Waals surface area contributed by atoms with Crippen LogP contribution in [-0.2, 0) is 20.3 Å². The number of nitrogens with two attached hydrogens (primary N) is 1. The number of ether oxygens (including phenoxy) is 1. The Labute approximate surface area is 132 Å². The molecule has 124 valence electrons. The van der Waals surface area contributed by atoms with Crippen LogP contribution in [0, 0.1) is 0 Å². The molecule has 1 rings (SSSR count). The van der Waals surface area contributed by atoms with Crippen molar-refractivity contribution in [3.05, 3.63) is 35.9 Å². The second kappa shape index (κ2) is 9.42. The van der Waals surface area contributed by atoms with Gasteiger partial charge in [0.2, 0.25) is 0 Å². The molecule has 1 aromatic rings. The maximum Gasteiger partial charge on any atom is 0.188 e. The number of hydrogen-bond acceptors (Lipinski definition) is 4. The van der Waals surface area contributed by atoms with Crippen LogP contribution in [0.5, 0.6) is 0 Å². The summed E-state index contributed by atoms with van der Waals surface area (Å²) in [6, 6.07) is 9.23. The Balaban J connectivity index is 2.33. The quantitative estimate of drug-likeness (QED) is 0.400. The van der Waals surface area contributed by atoms with Gasteiger partial charge in [0, 0.05) is 19.7 Å². The SMILES string of the molecule is COCC(C)NC(N)=NCCCS(=O)(=O)Cc1ccccc1. The Morgan fingerprint density at radius 2 is 2.05 bits per heavy atom. The molecule has 0 heterocycles. The molecule has 0 aliphatic heterocycles. The molecule has 1 unspecified atom stereocenters. The Morgan fingerprint density at radius 1 is 1.36 bits per heavy atom. The lowest BCUT2D eigenvalue weighted by Crippen LogP contribution is -2.40. The molecule has 0 aliphatic rings. The number of sulfone groups is 1. The van der Waals surface area contributed by atoms with Crippen molar-refractivity contribution in [2.45, 2.75) is 25.1 Å². The molecule has 1 aromatic carbocycles. The van der Waals surface area contributed by atoms with Crippen LogP contribution in [-0.4, -0.2) is 46.4 Å². The van der Waals surface area contributed by atoms with E-state index < -0.39 is 9.84 Å². The van der Waals surface area contributed by atoms with Gasteiger partial charge in [-0.1, -0.05) is 30.3 Å². The van der Waals surface area contributed by atoms with E-state index in [-0.39, 0.29) is 17.5 Å². The van der Waals surface area contributed by atoms with Crippen molar-refractivity contribution in [2.24, 2.45) is 10.7 Å². The number of benzene rings is 1. The molecule has 0 saturated carbocycles. The van der Waals surface area contributed by atoms with Crippen molar-refractivity contribution >= 4 is 15.8 Å². The first-order chi connectivity index (χ1) is 10.4.